The molecule has 5 nitrogen and oxygen atoms in total. The predicted molar refractivity (Wildman–Crippen MR) is 117 cm³/mol. The quantitative estimate of drug-likeness (QED) is 0.620. The van der Waals surface area contributed by atoms with E-state index < -0.39 is 10.0 Å². The molecule has 1 N–H and O–H groups in total. The van der Waals surface area contributed by atoms with E-state index in [1.165, 1.54) is 16.4 Å². The lowest BCUT2D eigenvalue weighted by atomic mass is 10.3. The van der Waals surface area contributed by atoms with Gasteiger partial charge >= 0.3 is 0 Å². The second kappa shape index (κ2) is 8.63. The molecule has 1 saturated heterocycles. The van der Waals surface area contributed by atoms with Gasteiger partial charge in [-0.05, 0) is 70.6 Å². The smallest absolute Gasteiger partial charge is 0.243 e. The van der Waals surface area contributed by atoms with Crippen molar-refractivity contribution in [2.45, 2.75) is 4.90 Å². The third-order valence-electron chi connectivity index (χ3n) is 4.15. The molecule has 0 amide bonds. The highest BCUT2D eigenvalue weighted by atomic mass is 79.9. The number of hydrogen-bond donors (Lipinski definition) is 1. The Morgan fingerprint density at radius 3 is 2.26 bits per heavy atom. The predicted octanol–water partition coefficient (Wildman–Crippen LogP) is 4.46. The fourth-order valence-electron chi connectivity index (χ4n) is 2.66. The topological polar surface area (TPSA) is 52.7 Å². The van der Waals surface area contributed by atoms with Crippen LogP contribution in [-0.4, -0.2) is 48.9 Å². The Kier molecular flexibility index (Phi) is 6.66. The number of hydrogen-bond acceptors (Lipinski definition) is 3. The van der Waals surface area contributed by atoms with E-state index in [0.29, 0.717) is 41.3 Å². The molecule has 0 unspecified atom stereocenters. The molecule has 1 heterocycles. The van der Waals surface area contributed by atoms with Gasteiger partial charge in [-0.2, -0.15) is 4.31 Å². The first-order valence-corrected chi connectivity index (χ1v) is 11.4. The minimum absolute atomic E-state index is 0.241. The Labute approximate surface area is 182 Å². The number of benzene rings is 2. The summed E-state index contributed by atoms with van der Waals surface area (Å²) >= 11 is 20.7. The lowest BCUT2D eigenvalue weighted by Crippen LogP contribution is -2.51. The molecule has 0 aliphatic carbocycles. The van der Waals surface area contributed by atoms with Gasteiger partial charge < -0.3 is 10.2 Å². The zero-order chi connectivity index (χ0) is 19.6. The first-order valence-electron chi connectivity index (χ1n) is 8.04. The number of piperazine rings is 1. The first kappa shape index (κ1) is 20.8. The normalized spacial score (nSPS) is 15.6. The highest BCUT2D eigenvalue weighted by Gasteiger charge is 2.29. The van der Waals surface area contributed by atoms with Crippen molar-refractivity contribution in [3.8, 4) is 0 Å². The molecule has 10 heteroatoms. The van der Waals surface area contributed by atoms with E-state index in [9.17, 15) is 8.42 Å². The van der Waals surface area contributed by atoms with Crippen molar-refractivity contribution in [1.82, 2.24) is 9.21 Å². The molecule has 3 rings (SSSR count). The maximum Gasteiger partial charge on any atom is 0.243 e. The van der Waals surface area contributed by atoms with Crippen LogP contribution in [0.25, 0.3) is 0 Å². The molecule has 144 valence electrons. The second-order valence-corrected chi connectivity index (χ2v) is 9.93. The van der Waals surface area contributed by atoms with Gasteiger partial charge in [-0.15, -0.1) is 0 Å². The molecular formula is C17H16BrCl2N3O2S2. The SMILES string of the molecule is O=S(=O)(c1ccc(Cl)cc1)N1CCN(C(=S)Nc2ccc(Br)c(Cl)c2)CC1. The molecule has 1 aliphatic rings. The van der Waals surface area contributed by atoms with E-state index in [4.69, 9.17) is 35.4 Å². The van der Waals surface area contributed by atoms with Crippen molar-refractivity contribution < 1.29 is 8.42 Å². The minimum Gasteiger partial charge on any atom is -0.346 e. The number of rotatable bonds is 3. The number of anilines is 1. The van der Waals surface area contributed by atoms with Crippen LogP contribution in [0.5, 0.6) is 0 Å². The average molecular weight is 509 g/mol. The van der Waals surface area contributed by atoms with Gasteiger partial charge in [0.25, 0.3) is 0 Å². The van der Waals surface area contributed by atoms with Crippen LogP contribution < -0.4 is 5.32 Å². The van der Waals surface area contributed by atoms with E-state index in [-0.39, 0.29) is 4.90 Å². The van der Waals surface area contributed by atoms with Crippen LogP contribution in [0.3, 0.4) is 0 Å². The zero-order valence-electron chi connectivity index (χ0n) is 14.0. The number of sulfonamides is 1. The second-order valence-electron chi connectivity index (χ2n) is 5.90. The first-order chi connectivity index (χ1) is 12.8. The Balaban J connectivity index is 1.61. The van der Waals surface area contributed by atoms with Crippen LogP contribution in [0, 0.1) is 0 Å². The summed E-state index contributed by atoms with van der Waals surface area (Å²) in [6.45, 7) is 1.72. The molecule has 0 atom stereocenters. The molecular weight excluding hydrogens is 493 g/mol. The van der Waals surface area contributed by atoms with Crippen LogP contribution in [0.15, 0.2) is 51.8 Å². The molecule has 0 aromatic heterocycles. The van der Waals surface area contributed by atoms with Crippen LogP contribution in [0.4, 0.5) is 5.69 Å². The third-order valence-corrected chi connectivity index (χ3v) is 7.91. The van der Waals surface area contributed by atoms with Crippen molar-refractivity contribution in [1.29, 1.82) is 0 Å². The maximum atomic E-state index is 12.7. The largest absolute Gasteiger partial charge is 0.346 e. The fourth-order valence-corrected chi connectivity index (χ4v) is 4.94. The van der Waals surface area contributed by atoms with Gasteiger partial charge in [0.05, 0.1) is 9.92 Å². The molecule has 1 fully saturated rings. The summed E-state index contributed by atoms with van der Waals surface area (Å²) in [7, 11) is -3.54. The van der Waals surface area contributed by atoms with Crippen LogP contribution >= 0.6 is 51.3 Å². The van der Waals surface area contributed by atoms with Gasteiger partial charge in [-0.1, -0.05) is 23.2 Å². The summed E-state index contributed by atoms with van der Waals surface area (Å²) in [6, 6.07) is 11.7. The van der Waals surface area contributed by atoms with Gasteiger partial charge in [-0.3, -0.25) is 0 Å². The zero-order valence-corrected chi connectivity index (χ0v) is 18.8. The van der Waals surface area contributed by atoms with Gasteiger partial charge in [0, 0.05) is 41.4 Å². The molecule has 27 heavy (non-hydrogen) atoms. The third kappa shape index (κ3) is 4.93. The van der Waals surface area contributed by atoms with E-state index in [0.717, 1.165) is 10.2 Å². The highest BCUT2D eigenvalue weighted by Crippen LogP contribution is 2.26. The van der Waals surface area contributed by atoms with Crippen molar-refractivity contribution in [3.63, 3.8) is 0 Å². The maximum absolute atomic E-state index is 12.7. The van der Waals surface area contributed by atoms with E-state index in [2.05, 4.69) is 21.2 Å². The number of halogens is 3. The van der Waals surface area contributed by atoms with Crippen molar-refractivity contribution in [2.24, 2.45) is 0 Å². The highest BCUT2D eigenvalue weighted by molar-refractivity contribution is 9.10. The summed E-state index contributed by atoms with van der Waals surface area (Å²) in [5, 5.41) is 4.77. The van der Waals surface area contributed by atoms with Gasteiger partial charge in [0.15, 0.2) is 5.11 Å². The van der Waals surface area contributed by atoms with Crippen LogP contribution in [0.2, 0.25) is 10.0 Å². The van der Waals surface area contributed by atoms with Crippen molar-refractivity contribution in [3.05, 3.63) is 57.0 Å². The number of nitrogens with zero attached hydrogens (tertiary/aromatic N) is 2. The lowest BCUT2D eigenvalue weighted by molar-refractivity contribution is 0.268. The summed E-state index contributed by atoms with van der Waals surface area (Å²) in [4.78, 5) is 2.18. The van der Waals surface area contributed by atoms with E-state index in [1.807, 2.05) is 17.0 Å². The molecule has 1 aliphatic heterocycles. The molecule has 2 aromatic rings. The van der Waals surface area contributed by atoms with Crippen LogP contribution in [0.1, 0.15) is 0 Å². The molecule has 0 radical (unpaired) electrons. The average Bonchev–Trinajstić information content (AvgIpc) is 2.65. The standard InChI is InChI=1S/C17H16BrCl2N3O2S2/c18-15-6-3-13(11-16(15)20)21-17(26)22-7-9-23(10-8-22)27(24,25)14-4-1-12(19)2-5-14/h1-6,11H,7-10H2,(H,21,26). The van der Waals surface area contributed by atoms with Gasteiger partial charge in [0.1, 0.15) is 0 Å². The monoisotopic (exact) mass is 507 g/mol. The number of thiocarbonyl (C=S) groups is 1. The van der Waals surface area contributed by atoms with Crippen LogP contribution in [-0.2, 0) is 10.0 Å². The Hall–Kier alpha value is -0.900. The Morgan fingerprint density at radius 1 is 1.04 bits per heavy atom. The lowest BCUT2D eigenvalue weighted by Gasteiger charge is -2.35. The summed E-state index contributed by atoms with van der Waals surface area (Å²) < 4.78 is 27.7. The summed E-state index contributed by atoms with van der Waals surface area (Å²) in [6.07, 6.45) is 0. The van der Waals surface area contributed by atoms with Gasteiger partial charge in [0.2, 0.25) is 10.0 Å². The van der Waals surface area contributed by atoms with Crippen molar-refractivity contribution in [2.75, 3.05) is 31.5 Å². The number of nitrogens with one attached hydrogen (secondary N) is 1. The Bertz CT molecular complexity index is 947. The molecule has 0 spiro atoms. The van der Waals surface area contributed by atoms with Gasteiger partial charge in [-0.25, -0.2) is 8.42 Å². The minimum atomic E-state index is -3.54. The molecule has 2 aromatic carbocycles. The van der Waals surface area contributed by atoms with E-state index >= 15 is 0 Å². The fraction of sp³-hybridized carbons (Fsp3) is 0.235. The Morgan fingerprint density at radius 2 is 1.67 bits per heavy atom. The summed E-state index contributed by atoms with van der Waals surface area (Å²) in [5.74, 6) is 0. The molecule has 0 saturated carbocycles. The van der Waals surface area contributed by atoms with Crippen molar-refractivity contribution >= 4 is 72.2 Å². The molecule has 0 bridgehead atoms. The summed E-state index contributed by atoms with van der Waals surface area (Å²) in [5.41, 5.74) is 0.782. The van der Waals surface area contributed by atoms with E-state index in [1.54, 1.807) is 18.2 Å².